The van der Waals surface area contributed by atoms with Crippen molar-refractivity contribution >= 4 is 5.91 Å². The van der Waals surface area contributed by atoms with Crippen LogP contribution in [0.4, 0.5) is 0 Å². The molecule has 1 unspecified atom stereocenters. The zero-order valence-corrected chi connectivity index (χ0v) is 14.3. The molecule has 2 rings (SSSR count). The van der Waals surface area contributed by atoms with Gasteiger partial charge in [-0.25, -0.2) is 9.48 Å². The van der Waals surface area contributed by atoms with Crippen molar-refractivity contribution in [2.24, 2.45) is 5.41 Å². The normalized spacial score (nSPS) is 16.5. The van der Waals surface area contributed by atoms with Crippen molar-refractivity contribution in [3.8, 4) is 0 Å². The van der Waals surface area contributed by atoms with E-state index >= 15 is 0 Å². The lowest BCUT2D eigenvalue weighted by Crippen LogP contribution is -2.39. The molecule has 7 nitrogen and oxygen atoms in total. The number of carbonyl (C=O) groups is 1. The summed E-state index contributed by atoms with van der Waals surface area (Å²) in [6.45, 7) is 6.82. The Morgan fingerprint density at radius 2 is 2.13 bits per heavy atom. The number of hydrogen-bond donors (Lipinski definition) is 2. The fourth-order valence-corrected chi connectivity index (χ4v) is 3.13. The van der Waals surface area contributed by atoms with Gasteiger partial charge in [0.15, 0.2) is 0 Å². The van der Waals surface area contributed by atoms with Crippen LogP contribution in [0.25, 0.3) is 0 Å². The maximum Gasteiger partial charge on any atom is 0.346 e. The van der Waals surface area contributed by atoms with Crippen LogP contribution in [0.15, 0.2) is 4.79 Å². The molecule has 2 heterocycles. The zero-order valence-electron chi connectivity index (χ0n) is 14.3. The second-order valence-corrected chi connectivity index (χ2v) is 7.31. The molecule has 1 aliphatic rings. The molecule has 23 heavy (non-hydrogen) atoms. The van der Waals surface area contributed by atoms with Gasteiger partial charge in [0.2, 0.25) is 5.91 Å². The molecule has 0 bridgehead atoms. The summed E-state index contributed by atoms with van der Waals surface area (Å²) in [7, 11) is 0. The number of carbonyl (C=O) groups excluding carboxylic acids is 1. The van der Waals surface area contributed by atoms with Crippen molar-refractivity contribution in [2.75, 3.05) is 6.54 Å². The van der Waals surface area contributed by atoms with E-state index in [2.05, 4.69) is 10.4 Å². The Hall–Kier alpha value is -1.63. The van der Waals surface area contributed by atoms with Crippen LogP contribution in [-0.4, -0.2) is 38.0 Å². The average Bonchev–Trinajstić information content (AvgIpc) is 2.63. The Kier molecular flexibility index (Phi) is 5.62. The maximum absolute atomic E-state index is 12.3. The van der Waals surface area contributed by atoms with Crippen LogP contribution >= 0.6 is 0 Å². The van der Waals surface area contributed by atoms with Gasteiger partial charge in [-0.3, -0.25) is 9.36 Å². The molecule has 7 heteroatoms. The SMILES string of the molecule is CC(O)CC(C)(C)CNC(=O)Cn1nc2n(c1=O)CCCCC2. The first-order valence-corrected chi connectivity index (χ1v) is 8.40. The first kappa shape index (κ1) is 17.7. The fourth-order valence-electron chi connectivity index (χ4n) is 3.13. The summed E-state index contributed by atoms with van der Waals surface area (Å²) < 4.78 is 2.95. The summed E-state index contributed by atoms with van der Waals surface area (Å²) >= 11 is 0. The van der Waals surface area contributed by atoms with Crippen LogP contribution in [0.5, 0.6) is 0 Å². The van der Waals surface area contributed by atoms with E-state index in [1.807, 2.05) is 13.8 Å². The molecular weight excluding hydrogens is 296 g/mol. The highest BCUT2D eigenvalue weighted by atomic mass is 16.3. The van der Waals surface area contributed by atoms with E-state index in [0.717, 1.165) is 31.5 Å². The van der Waals surface area contributed by atoms with Crippen LogP contribution in [0, 0.1) is 5.41 Å². The Bertz CT molecular complexity index is 601. The molecule has 1 atom stereocenters. The Morgan fingerprint density at radius 3 is 2.83 bits per heavy atom. The molecule has 1 aliphatic heterocycles. The highest BCUT2D eigenvalue weighted by molar-refractivity contribution is 5.75. The molecule has 0 saturated heterocycles. The number of aromatic nitrogens is 3. The molecule has 0 radical (unpaired) electrons. The van der Waals surface area contributed by atoms with E-state index < -0.39 is 6.10 Å². The van der Waals surface area contributed by atoms with Crippen LogP contribution in [0.3, 0.4) is 0 Å². The topological polar surface area (TPSA) is 89.2 Å². The number of rotatable bonds is 6. The first-order valence-electron chi connectivity index (χ1n) is 8.40. The molecule has 1 amide bonds. The predicted octanol–water partition coefficient (Wildman–Crippen LogP) is 0.684. The Labute approximate surface area is 136 Å². The van der Waals surface area contributed by atoms with E-state index in [0.29, 0.717) is 19.5 Å². The van der Waals surface area contributed by atoms with E-state index in [1.54, 1.807) is 11.5 Å². The van der Waals surface area contributed by atoms with Gasteiger partial charge in [-0.05, 0) is 31.6 Å². The highest BCUT2D eigenvalue weighted by Gasteiger charge is 2.22. The average molecular weight is 324 g/mol. The van der Waals surface area contributed by atoms with Crippen molar-refractivity contribution < 1.29 is 9.90 Å². The maximum atomic E-state index is 12.3. The van der Waals surface area contributed by atoms with Crippen molar-refractivity contribution in [3.63, 3.8) is 0 Å². The number of hydrogen-bond acceptors (Lipinski definition) is 4. The van der Waals surface area contributed by atoms with Gasteiger partial charge in [0.05, 0.1) is 6.10 Å². The minimum Gasteiger partial charge on any atom is -0.393 e. The predicted molar refractivity (Wildman–Crippen MR) is 87.1 cm³/mol. The molecule has 0 spiro atoms. The number of aryl methyl sites for hydroxylation is 1. The molecular formula is C16H28N4O3. The molecule has 1 aromatic rings. The summed E-state index contributed by atoms with van der Waals surface area (Å²) in [4.78, 5) is 24.4. The molecule has 0 aromatic carbocycles. The van der Waals surface area contributed by atoms with Gasteiger partial charge < -0.3 is 10.4 Å². The summed E-state index contributed by atoms with van der Waals surface area (Å²) in [5.41, 5.74) is -0.388. The molecule has 0 fully saturated rings. The third-order valence-electron chi connectivity index (χ3n) is 4.19. The van der Waals surface area contributed by atoms with Crippen LogP contribution in [0.1, 0.15) is 52.3 Å². The van der Waals surface area contributed by atoms with E-state index in [1.165, 1.54) is 4.68 Å². The molecule has 130 valence electrons. The lowest BCUT2D eigenvalue weighted by Gasteiger charge is -2.26. The summed E-state index contributed by atoms with van der Waals surface area (Å²) in [6.07, 6.45) is 4.13. The fraction of sp³-hybridized carbons (Fsp3) is 0.812. The summed E-state index contributed by atoms with van der Waals surface area (Å²) in [5.74, 6) is 0.564. The van der Waals surface area contributed by atoms with E-state index in [-0.39, 0.29) is 23.6 Å². The number of nitrogens with zero attached hydrogens (tertiary/aromatic N) is 3. The van der Waals surface area contributed by atoms with Gasteiger partial charge in [-0.1, -0.05) is 20.3 Å². The van der Waals surface area contributed by atoms with Crippen LogP contribution < -0.4 is 11.0 Å². The van der Waals surface area contributed by atoms with Crippen molar-refractivity contribution in [3.05, 3.63) is 16.3 Å². The van der Waals surface area contributed by atoms with Crippen molar-refractivity contribution in [1.29, 1.82) is 0 Å². The van der Waals surface area contributed by atoms with Gasteiger partial charge >= 0.3 is 5.69 Å². The molecule has 0 saturated carbocycles. The summed E-state index contributed by atoms with van der Waals surface area (Å²) in [5, 5.41) is 16.6. The number of amides is 1. The second-order valence-electron chi connectivity index (χ2n) is 7.31. The number of aliphatic hydroxyl groups excluding tert-OH is 1. The third-order valence-corrected chi connectivity index (χ3v) is 4.19. The number of fused-ring (bicyclic) bond motifs is 1. The van der Waals surface area contributed by atoms with Gasteiger partial charge in [-0.2, -0.15) is 5.10 Å². The third kappa shape index (κ3) is 4.92. The standard InChI is InChI=1S/C16H28N4O3/c1-12(21)9-16(2,3)11-17-14(22)10-20-15(23)19-8-6-4-5-7-13(19)18-20/h12,21H,4-11H2,1-3H3,(H,17,22). The van der Waals surface area contributed by atoms with Crippen LogP contribution in [0.2, 0.25) is 0 Å². The summed E-state index contributed by atoms with van der Waals surface area (Å²) in [6, 6.07) is 0. The molecule has 0 aliphatic carbocycles. The van der Waals surface area contributed by atoms with Crippen molar-refractivity contribution in [2.45, 2.75) is 72.1 Å². The van der Waals surface area contributed by atoms with Crippen LogP contribution in [-0.2, 0) is 24.3 Å². The number of nitrogens with one attached hydrogen (secondary N) is 1. The van der Waals surface area contributed by atoms with Gasteiger partial charge in [0.25, 0.3) is 0 Å². The monoisotopic (exact) mass is 324 g/mol. The van der Waals surface area contributed by atoms with Crippen molar-refractivity contribution in [1.82, 2.24) is 19.7 Å². The minimum absolute atomic E-state index is 0.0520. The first-order chi connectivity index (χ1) is 10.8. The Balaban J connectivity index is 1.95. The van der Waals surface area contributed by atoms with E-state index in [4.69, 9.17) is 0 Å². The minimum atomic E-state index is -0.409. The largest absolute Gasteiger partial charge is 0.393 e. The molecule has 1 aromatic heterocycles. The van der Waals surface area contributed by atoms with Gasteiger partial charge in [0, 0.05) is 19.5 Å². The van der Waals surface area contributed by atoms with Gasteiger partial charge in [0.1, 0.15) is 12.4 Å². The molecule has 2 N–H and O–H groups in total. The lowest BCUT2D eigenvalue weighted by atomic mass is 9.87. The van der Waals surface area contributed by atoms with E-state index in [9.17, 15) is 14.7 Å². The highest BCUT2D eigenvalue weighted by Crippen LogP contribution is 2.20. The van der Waals surface area contributed by atoms with Gasteiger partial charge in [-0.15, -0.1) is 0 Å². The zero-order chi connectivity index (χ0) is 17.0. The quantitative estimate of drug-likeness (QED) is 0.805. The smallest absolute Gasteiger partial charge is 0.346 e. The second kappa shape index (κ2) is 7.29. The number of aliphatic hydroxyl groups is 1. The Morgan fingerprint density at radius 1 is 1.39 bits per heavy atom. The lowest BCUT2D eigenvalue weighted by molar-refractivity contribution is -0.122.